The van der Waals surface area contributed by atoms with E-state index in [-0.39, 0.29) is 11.5 Å². The van der Waals surface area contributed by atoms with Crippen LogP contribution in [0.4, 0.5) is 4.79 Å². The SMILES string of the molecule is CN(C)NC(=O)Oc1ccccc1O. The number of hydrazine groups is 1. The van der Waals surface area contributed by atoms with Gasteiger partial charge in [-0.25, -0.2) is 9.80 Å². The maximum atomic E-state index is 11.1. The molecule has 14 heavy (non-hydrogen) atoms. The van der Waals surface area contributed by atoms with Crippen LogP contribution in [0.15, 0.2) is 24.3 Å². The van der Waals surface area contributed by atoms with E-state index >= 15 is 0 Å². The highest BCUT2D eigenvalue weighted by Gasteiger charge is 2.07. The number of phenolic OH excluding ortho intramolecular Hbond substituents is 1. The first kappa shape index (κ1) is 10.3. The molecule has 0 aliphatic rings. The fourth-order valence-corrected chi connectivity index (χ4v) is 0.849. The fourth-order valence-electron chi connectivity index (χ4n) is 0.849. The van der Waals surface area contributed by atoms with E-state index in [1.807, 2.05) is 0 Å². The number of para-hydroxylation sites is 2. The summed E-state index contributed by atoms with van der Waals surface area (Å²) in [4.78, 5) is 11.1. The van der Waals surface area contributed by atoms with Gasteiger partial charge in [0.25, 0.3) is 0 Å². The van der Waals surface area contributed by atoms with Gasteiger partial charge in [0.1, 0.15) is 0 Å². The van der Waals surface area contributed by atoms with Gasteiger partial charge in [0.05, 0.1) is 0 Å². The molecule has 0 aliphatic carbocycles. The summed E-state index contributed by atoms with van der Waals surface area (Å²) >= 11 is 0. The number of rotatable bonds is 2. The predicted molar refractivity (Wildman–Crippen MR) is 51.0 cm³/mol. The largest absolute Gasteiger partial charge is 0.504 e. The maximum Gasteiger partial charge on any atom is 0.427 e. The van der Waals surface area contributed by atoms with Crippen molar-refractivity contribution in [1.29, 1.82) is 0 Å². The van der Waals surface area contributed by atoms with Crippen molar-refractivity contribution in [3.63, 3.8) is 0 Å². The van der Waals surface area contributed by atoms with E-state index in [0.717, 1.165) is 0 Å². The van der Waals surface area contributed by atoms with Crippen LogP contribution < -0.4 is 10.2 Å². The molecule has 5 heteroatoms. The quantitative estimate of drug-likeness (QED) is 0.691. The zero-order chi connectivity index (χ0) is 10.6. The highest BCUT2D eigenvalue weighted by Crippen LogP contribution is 2.24. The summed E-state index contributed by atoms with van der Waals surface area (Å²) in [6.07, 6.45) is -0.642. The number of nitrogens with one attached hydrogen (secondary N) is 1. The number of ether oxygens (including phenoxy) is 1. The van der Waals surface area contributed by atoms with Crippen molar-refractivity contribution in [3.05, 3.63) is 24.3 Å². The molecule has 1 aromatic rings. The molecule has 0 bridgehead atoms. The monoisotopic (exact) mass is 196 g/mol. The molecule has 1 aromatic carbocycles. The van der Waals surface area contributed by atoms with Crippen molar-refractivity contribution in [1.82, 2.24) is 10.4 Å². The number of carbonyl (C=O) groups is 1. The van der Waals surface area contributed by atoms with Gasteiger partial charge in [-0.1, -0.05) is 12.1 Å². The van der Waals surface area contributed by atoms with E-state index in [1.54, 1.807) is 26.2 Å². The average molecular weight is 196 g/mol. The molecule has 0 heterocycles. The van der Waals surface area contributed by atoms with Crippen LogP contribution in [0.5, 0.6) is 11.5 Å². The van der Waals surface area contributed by atoms with Gasteiger partial charge >= 0.3 is 6.09 Å². The fraction of sp³-hybridized carbons (Fsp3) is 0.222. The molecule has 0 fully saturated rings. The van der Waals surface area contributed by atoms with Gasteiger partial charge in [0.2, 0.25) is 0 Å². The van der Waals surface area contributed by atoms with Gasteiger partial charge < -0.3 is 9.84 Å². The first-order chi connectivity index (χ1) is 6.59. The van der Waals surface area contributed by atoms with Crippen LogP contribution in [-0.4, -0.2) is 30.3 Å². The smallest absolute Gasteiger partial charge is 0.427 e. The minimum atomic E-state index is -0.642. The summed E-state index contributed by atoms with van der Waals surface area (Å²) in [5.41, 5.74) is 2.38. The molecular weight excluding hydrogens is 184 g/mol. The van der Waals surface area contributed by atoms with E-state index in [1.165, 1.54) is 17.1 Å². The summed E-state index contributed by atoms with van der Waals surface area (Å²) in [5, 5.41) is 10.7. The Balaban J connectivity index is 2.61. The Morgan fingerprint density at radius 2 is 2.07 bits per heavy atom. The first-order valence-electron chi connectivity index (χ1n) is 4.03. The topological polar surface area (TPSA) is 61.8 Å². The van der Waals surface area contributed by atoms with Crippen molar-refractivity contribution in [3.8, 4) is 11.5 Å². The molecular formula is C9H12N2O3. The molecule has 0 radical (unpaired) electrons. The zero-order valence-electron chi connectivity index (χ0n) is 8.02. The van der Waals surface area contributed by atoms with Crippen molar-refractivity contribution in [2.24, 2.45) is 0 Å². The lowest BCUT2D eigenvalue weighted by Crippen LogP contribution is -2.38. The van der Waals surface area contributed by atoms with Gasteiger partial charge in [-0.2, -0.15) is 0 Å². The third-order valence-electron chi connectivity index (χ3n) is 1.38. The minimum Gasteiger partial charge on any atom is -0.504 e. The summed E-state index contributed by atoms with van der Waals surface area (Å²) in [6, 6.07) is 6.26. The predicted octanol–water partition coefficient (Wildman–Crippen LogP) is 0.957. The molecule has 2 N–H and O–H groups in total. The number of nitrogens with zero attached hydrogens (tertiary/aromatic N) is 1. The van der Waals surface area contributed by atoms with Crippen molar-refractivity contribution in [2.75, 3.05) is 14.1 Å². The number of hydrogen-bond donors (Lipinski definition) is 2. The summed E-state index contributed by atoms with van der Waals surface area (Å²) in [7, 11) is 3.32. The minimum absolute atomic E-state index is 0.0681. The second-order valence-corrected chi connectivity index (χ2v) is 2.86. The molecule has 0 saturated heterocycles. The lowest BCUT2D eigenvalue weighted by Gasteiger charge is -2.12. The molecule has 76 valence electrons. The third-order valence-corrected chi connectivity index (χ3v) is 1.38. The molecule has 0 spiro atoms. The van der Waals surface area contributed by atoms with Crippen LogP contribution in [0.1, 0.15) is 0 Å². The molecule has 0 saturated carbocycles. The van der Waals surface area contributed by atoms with Crippen LogP contribution in [-0.2, 0) is 0 Å². The number of carbonyl (C=O) groups excluding carboxylic acids is 1. The Hall–Kier alpha value is -1.75. The van der Waals surface area contributed by atoms with Crippen LogP contribution in [0.3, 0.4) is 0 Å². The van der Waals surface area contributed by atoms with E-state index in [4.69, 9.17) is 4.74 Å². The Morgan fingerprint density at radius 1 is 1.43 bits per heavy atom. The summed E-state index contributed by atoms with van der Waals surface area (Å²) < 4.78 is 4.81. The molecule has 1 amide bonds. The maximum absolute atomic E-state index is 11.1. The van der Waals surface area contributed by atoms with E-state index < -0.39 is 6.09 Å². The van der Waals surface area contributed by atoms with E-state index in [2.05, 4.69) is 5.43 Å². The Bertz CT molecular complexity index is 326. The Morgan fingerprint density at radius 3 is 2.64 bits per heavy atom. The summed E-state index contributed by atoms with van der Waals surface area (Å²) in [5.74, 6) is 0.0632. The normalized spacial score (nSPS) is 9.93. The second-order valence-electron chi connectivity index (χ2n) is 2.86. The number of hydrogen-bond acceptors (Lipinski definition) is 4. The number of phenols is 1. The number of benzene rings is 1. The van der Waals surface area contributed by atoms with E-state index in [9.17, 15) is 9.90 Å². The van der Waals surface area contributed by atoms with Crippen molar-refractivity contribution in [2.45, 2.75) is 0 Å². The first-order valence-corrected chi connectivity index (χ1v) is 4.03. The lowest BCUT2D eigenvalue weighted by molar-refractivity contribution is 0.170. The number of aromatic hydroxyl groups is 1. The van der Waals surface area contributed by atoms with Crippen LogP contribution in [0.25, 0.3) is 0 Å². The Labute approximate surface area is 81.9 Å². The van der Waals surface area contributed by atoms with Gasteiger partial charge in [-0.15, -0.1) is 0 Å². The van der Waals surface area contributed by atoms with Gasteiger partial charge in [0, 0.05) is 14.1 Å². The Kier molecular flexibility index (Phi) is 3.30. The average Bonchev–Trinajstić information content (AvgIpc) is 2.07. The van der Waals surface area contributed by atoms with Crippen molar-refractivity contribution < 1.29 is 14.6 Å². The third kappa shape index (κ3) is 2.95. The zero-order valence-corrected chi connectivity index (χ0v) is 8.02. The molecule has 1 rings (SSSR count). The van der Waals surface area contributed by atoms with Crippen molar-refractivity contribution >= 4 is 6.09 Å². The van der Waals surface area contributed by atoms with Crippen LogP contribution >= 0.6 is 0 Å². The highest BCUT2D eigenvalue weighted by atomic mass is 16.6. The summed E-state index contributed by atoms with van der Waals surface area (Å²) in [6.45, 7) is 0. The van der Waals surface area contributed by atoms with Crippen LogP contribution in [0, 0.1) is 0 Å². The highest BCUT2D eigenvalue weighted by molar-refractivity contribution is 5.70. The standard InChI is InChI=1S/C9H12N2O3/c1-11(2)10-9(13)14-8-6-4-3-5-7(8)12/h3-6,12H,1-2H3,(H,10,13). The molecule has 0 aliphatic heterocycles. The van der Waals surface area contributed by atoms with Crippen LogP contribution in [0.2, 0.25) is 0 Å². The van der Waals surface area contributed by atoms with Gasteiger partial charge in [-0.3, -0.25) is 5.43 Å². The van der Waals surface area contributed by atoms with Gasteiger partial charge in [-0.05, 0) is 12.1 Å². The van der Waals surface area contributed by atoms with E-state index in [0.29, 0.717) is 0 Å². The number of amides is 1. The molecule has 5 nitrogen and oxygen atoms in total. The second kappa shape index (κ2) is 4.48. The van der Waals surface area contributed by atoms with Gasteiger partial charge in [0.15, 0.2) is 11.5 Å². The molecule has 0 unspecified atom stereocenters. The molecule has 0 atom stereocenters. The molecule has 0 aromatic heterocycles. The lowest BCUT2D eigenvalue weighted by atomic mass is 10.3.